The summed E-state index contributed by atoms with van der Waals surface area (Å²) in [6.45, 7) is 5.24. The number of hydrogen-bond acceptors (Lipinski definition) is 4. The van der Waals surface area contributed by atoms with E-state index < -0.39 is 0 Å². The highest BCUT2D eigenvalue weighted by Gasteiger charge is 2.12. The molecule has 0 aliphatic rings. The number of hydrogen-bond donors (Lipinski definition) is 1. The van der Waals surface area contributed by atoms with Gasteiger partial charge in [0.15, 0.2) is 0 Å². The van der Waals surface area contributed by atoms with E-state index in [1.165, 1.54) is 6.07 Å². The fourth-order valence-electron chi connectivity index (χ4n) is 1.70. The molecule has 0 aliphatic heterocycles. The Bertz CT molecular complexity index is 560. The molecular weight excluding hydrogens is 337 g/mol. The Hall–Kier alpha value is -1.30. The molecule has 0 saturated heterocycles. The molecule has 0 radical (unpaired) electrons. The van der Waals surface area contributed by atoms with Crippen molar-refractivity contribution >= 4 is 35.1 Å². The lowest BCUT2D eigenvalue weighted by molar-refractivity contribution is 0.0959. The van der Waals surface area contributed by atoms with Gasteiger partial charge in [0.1, 0.15) is 0 Å². The number of halogens is 2. The maximum Gasteiger partial charge on any atom is 0.291 e. The largest absolute Gasteiger partial charge is 0.462 e. The van der Waals surface area contributed by atoms with Crippen LogP contribution in [0.15, 0.2) is 23.2 Å². The van der Waals surface area contributed by atoms with Gasteiger partial charge in [0.25, 0.3) is 11.9 Å². The van der Waals surface area contributed by atoms with Crippen molar-refractivity contribution in [2.45, 2.75) is 26.4 Å². The maximum atomic E-state index is 12.3. The lowest BCUT2D eigenvalue weighted by atomic mass is 10.2. The first-order valence-corrected chi connectivity index (χ1v) is 8.17. The molecule has 0 saturated carbocycles. The van der Waals surface area contributed by atoms with Crippen LogP contribution in [0.3, 0.4) is 0 Å². The molecule has 23 heavy (non-hydrogen) atoms. The van der Waals surface area contributed by atoms with Gasteiger partial charge in [0.05, 0.1) is 16.1 Å². The minimum Gasteiger partial charge on any atom is -0.462 e. The predicted molar refractivity (Wildman–Crippen MR) is 95.6 cm³/mol. The maximum absolute atomic E-state index is 12.3. The molecule has 1 aromatic rings. The van der Waals surface area contributed by atoms with Crippen LogP contribution >= 0.6 is 23.2 Å². The molecule has 128 valence electrons. The van der Waals surface area contributed by atoms with Crippen molar-refractivity contribution in [3.8, 4) is 0 Å². The van der Waals surface area contributed by atoms with E-state index in [4.69, 9.17) is 27.9 Å². The van der Waals surface area contributed by atoms with Gasteiger partial charge in [0, 0.05) is 12.1 Å². The summed E-state index contributed by atoms with van der Waals surface area (Å²) in [7, 11) is 4.00. The van der Waals surface area contributed by atoms with Crippen molar-refractivity contribution in [1.29, 1.82) is 0 Å². The lowest BCUT2D eigenvalue weighted by Crippen LogP contribution is -2.34. The molecule has 0 unspecified atom stereocenters. The zero-order chi connectivity index (χ0) is 17.4. The summed E-state index contributed by atoms with van der Waals surface area (Å²) < 4.78 is 5.55. The second-order valence-electron chi connectivity index (χ2n) is 5.59. The van der Waals surface area contributed by atoms with Gasteiger partial charge in [-0.2, -0.15) is 0 Å². The van der Waals surface area contributed by atoms with E-state index in [9.17, 15) is 4.79 Å². The highest BCUT2D eigenvalue weighted by molar-refractivity contribution is 6.42. The van der Waals surface area contributed by atoms with Gasteiger partial charge < -0.3 is 9.64 Å². The summed E-state index contributed by atoms with van der Waals surface area (Å²) >= 11 is 11.8. The average Bonchev–Trinajstić information content (AvgIpc) is 2.45. The average molecular weight is 360 g/mol. The van der Waals surface area contributed by atoms with E-state index in [0.29, 0.717) is 22.2 Å². The van der Waals surface area contributed by atoms with Crippen LogP contribution in [0.25, 0.3) is 0 Å². The first-order valence-electron chi connectivity index (χ1n) is 7.42. The van der Waals surface area contributed by atoms with E-state index >= 15 is 0 Å². The first-order chi connectivity index (χ1) is 10.8. The van der Waals surface area contributed by atoms with E-state index in [0.717, 1.165) is 13.0 Å². The smallest absolute Gasteiger partial charge is 0.291 e. The summed E-state index contributed by atoms with van der Waals surface area (Å²) in [6, 6.07) is 4.91. The van der Waals surface area contributed by atoms with E-state index in [1.807, 2.05) is 27.9 Å². The van der Waals surface area contributed by atoms with Gasteiger partial charge in [-0.05, 0) is 59.1 Å². The van der Waals surface area contributed by atoms with Crippen molar-refractivity contribution in [1.82, 2.24) is 10.2 Å². The van der Waals surface area contributed by atoms with Crippen molar-refractivity contribution in [3.05, 3.63) is 33.8 Å². The van der Waals surface area contributed by atoms with Crippen LogP contribution in [0.4, 0.5) is 0 Å². The van der Waals surface area contributed by atoms with E-state index in [1.54, 1.807) is 12.1 Å². The summed E-state index contributed by atoms with van der Waals surface area (Å²) in [4.78, 5) is 18.7. The highest BCUT2D eigenvalue weighted by Crippen LogP contribution is 2.22. The number of nitrogens with zero attached hydrogens (tertiary/aromatic N) is 2. The molecule has 1 aromatic carbocycles. The number of carbonyl (C=O) groups excluding carboxylic acids is 1. The lowest BCUT2D eigenvalue weighted by Gasteiger charge is -2.14. The molecule has 5 nitrogen and oxygen atoms in total. The molecule has 0 bridgehead atoms. The van der Waals surface area contributed by atoms with Crippen molar-refractivity contribution < 1.29 is 9.53 Å². The summed E-state index contributed by atoms with van der Waals surface area (Å²) in [5, 5.41) is 3.40. The molecule has 7 heteroatoms. The number of rotatable bonds is 6. The van der Waals surface area contributed by atoms with Crippen LogP contribution in [-0.2, 0) is 4.74 Å². The zero-order valence-electron chi connectivity index (χ0n) is 13.9. The van der Waals surface area contributed by atoms with Crippen molar-refractivity contribution in [2.75, 3.05) is 27.2 Å². The number of amidine groups is 1. The summed E-state index contributed by atoms with van der Waals surface area (Å²) in [6.07, 6.45) is 0.789. The van der Waals surface area contributed by atoms with Gasteiger partial charge in [-0.1, -0.05) is 23.2 Å². The number of aliphatic imine (C=N–C) groups is 1. The number of amides is 1. The fraction of sp³-hybridized carbons (Fsp3) is 0.500. The SMILES string of the molecule is CC(C)OC(=NCCCN(C)C)NC(=O)c1ccc(Cl)c(Cl)c1. The second kappa shape index (κ2) is 9.75. The van der Waals surface area contributed by atoms with Crippen LogP contribution in [-0.4, -0.2) is 50.1 Å². The van der Waals surface area contributed by atoms with E-state index in [2.05, 4.69) is 15.2 Å². The summed E-state index contributed by atoms with van der Waals surface area (Å²) in [5.41, 5.74) is 0.396. The normalized spacial score (nSPS) is 11.9. The Labute approximate surface area is 147 Å². The third-order valence-corrected chi connectivity index (χ3v) is 3.51. The topological polar surface area (TPSA) is 53.9 Å². The fourth-order valence-corrected chi connectivity index (χ4v) is 2.00. The van der Waals surface area contributed by atoms with Crippen LogP contribution < -0.4 is 5.32 Å². The molecule has 0 atom stereocenters. The summed E-state index contributed by atoms with van der Waals surface area (Å²) in [5.74, 6) is -0.337. The molecule has 1 N–H and O–H groups in total. The Morgan fingerprint density at radius 2 is 2.00 bits per heavy atom. The molecular formula is C16H23Cl2N3O2. The molecule has 0 fully saturated rings. The number of ether oxygens (including phenoxy) is 1. The molecule has 0 spiro atoms. The quantitative estimate of drug-likeness (QED) is 0.480. The van der Waals surface area contributed by atoms with Gasteiger partial charge in [-0.15, -0.1) is 0 Å². The number of benzene rings is 1. The Balaban J connectivity index is 2.73. The van der Waals surface area contributed by atoms with Gasteiger partial charge >= 0.3 is 0 Å². The Kier molecular flexibility index (Phi) is 8.37. The third-order valence-electron chi connectivity index (χ3n) is 2.77. The Morgan fingerprint density at radius 3 is 2.57 bits per heavy atom. The van der Waals surface area contributed by atoms with Gasteiger partial charge in [-0.3, -0.25) is 10.1 Å². The monoisotopic (exact) mass is 359 g/mol. The van der Waals surface area contributed by atoms with Gasteiger partial charge in [-0.25, -0.2) is 4.99 Å². The standard InChI is InChI=1S/C16H23Cl2N3O2/c1-11(2)23-16(19-8-5-9-21(3)4)20-15(22)12-6-7-13(17)14(18)10-12/h6-7,10-11H,5,8-9H2,1-4H3,(H,19,20,22). The van der Waals surface area contributed by atoms with Crippen molar-refractivity contribution in [3.63, 3.8) is 0 Å². The van der Waals surface area contributed by atoms with Crippen molar-refractivity contribution in [2.24, 2.45) is 4.99 Å². The second-order valence-corrected chi connectivity index (χ2v) is 6.41. The molecule has 0 heterocycles. The highest BCUT2D eigenvalue weighted by atomic mass is 35.5. The van der Waals surface area contributed by atoms with E-state index in [-0.39, 0.29) is 18.0 Å². The Morgan fingerprint density at radius 1 is 1.30 bits per heavy atom. The minimum atomic E-state index is -0.337. The van der Waals surface area contributed by atoms with Crippen LogP contribution in [0.1, 0.15) is 30.6 Å². The van der Waals surface area contributed by atoms with Gasteiger partial charge in [0.2, 0.25) is 0 Å². The third kappa shape index (κ3) is 7.68. The molecule has 1 amide bonds. The zero-order valence-corrected chi connectivity index (χ0v) is 15.4. The molecule has 0 aromatic heterocycles. The van der Waals surface area contributed by atoms with Crippen LogP contribution in [0.5, 0.6) is 0 Å². The van der Waals surface area contributed by atoms with Crippen LogP contribution in [0, 0.1) is 0 Å². The van der Waals surface area contributed by atoms with Crippen LogP contribution in [0.2, 0.25) is 10.0 Å². The molecule has 1 rings (SSSR count). The number of nitrogens with one attached hydrogen (secondary N) is 1. The first kappa shape index (κ1) is 19.7. The predicted octanol–water partition coefficient (Wildman–Crippen LogP) is 3.46. The molecule has 0 aliphatic carbocycles. The number of carbonyl (C=O) groups is 1. The minimum absolute atomic E-state index is 0.0864.